The van der Waals surface area contributed by atoms with Gasteiger partial charge in [-0.25, -0.2) is 0 Å². The molecule has 22 heavy (non-hydrogen) atoms. The quantitative estimate of drug-likeness (QED) is 0.603. The Labute approximate surface area is 133 Å². The van der Waals surface area contributed by atoms with Crippen LogP contribution in [0.3, 0.4) is 0 Å². The first kappa shape index (κ1) is 18.7. The maximum absolute atomic E-state index is 9.87. The first-order valence-electron chi connectivity index (χ1n) is 7.85. The van der Waals surface area contributed by atoms with Gasteiger partial charge in [0.15, 0.2) is 11.5 Å². The number of aliphatic hydroxyl groups excluding tert-OH is 1. The van der Waals surface area contributed by atoms with Gasteiger partial charge in [-0.1, -0.05) is 19.9 Å². The molecule has 5 heteroatoms. The van der Waals surface area contributed by atoms with Crippen LogP contribution in [0.2, 0.25) is 0 Å². The van der Waals surface area contributed by atoms with E-state index in [0.29, 0.717) is 37.2 Å². The van der Waals surface area contributed by atoms with E-state index in [-0.39, 0.29) is 0 Å². The highest BCUT2D eigenvalue weighted by Gasteiger charge is 2.08. The molecule has 0 aromatic heterocycles. The van der Waals surface area contributed by atoms with Crippen molar-refractivity contribution in [3.05, 3.63) is 23.8 Å². The summed E-state index contributed by atoms with van der Waals surface area (Å²) in [5.41, 5.74) is 0.994. The third-order valence-corrected chi connectivity index (χ3v) is 3.41. The molecule has 0 saturated heterocycles. The molecule has 126 valence electrons. The zero-order valence-electron chi connectivity index (χ0n) is 14.2. The molecular formula is C17H30NO4+. The van der Waals surface area contributed by atoms with Crippen LogP contribution in [0.1, 0.15) is 25.8 Å². The van der Waals surface area contributed by atoms with Gasteiger partial charge in [0.05, 0.1) is 34.0 Å². The third kappa shape index (κ3) is 7.11. The van der Waals surface area contributed by atoms with Crippen LogP contribution in [0.5, 0.6) is 11.5 Å². The fourth-order valence-corrected chi connectivity index (χ4v) is 2.11. The molecule has 1 rings (SSSR count). The molecule has 0 bridgehead atoms. The monoisotopic (exact) mass is 312 g/mol. The molecular weight excluding hydrogens is 282 g/mol. The van der Waals surface area contributed by atoms with Gasteiger partial charge in [0.25, 0.3) is 0 Å². The van der Waals surface area contributed by atoms with Crippen molar-refractivity contribution in [3.8, 4) is 11.5 Å². The molecule has 0 saturated carbocycles. The summed E-state index contributed by atoms with van der Waals surface area (Å²) in [6.07, 6.45) is 0.728. The summed E-state index contributed by atoms with van der Waals surface area (Å²) in [7, 11) is 3.22. The number of ether oxygens (including phenoxy) is 3. The van der Waals surface area contributed by atoms with Gasteiger partial charge in [0.2, 0.25) is 0 Å². The molecule has 3 N–H and O–H groups in total. The predicted octanol–water partition coefficient (Wildman–Crippen LogP) is 1.19. The van der Waals surface area contributed by atoms with Crippen molar-refractivity contribution in [2.24, 2.45) is 5.92 Å². The zero-order chi connectivity index (χ0) is 16.4. The Balaban J connectivity index is 2.26. The van der Waals surface area contributed by atoms with Gasteiger partial charge >= 0.3 is 0 Å². The van der Waals surface area contributed by atoms with Gasteiger partial charge in [-0.3, -0.25) is 0 Å². The van der Waals surface area contributed by atoms with Crippen LogP contribution in [0.15, 0.2) is 18.2 Å². The van der Waals surface area contributed by atoms with Crippen molar-refractivity contribution in [2.75, 3.05) is 33.9 Å². The van der Waals surface area contributed by atoms with Crippen molar-refractivity contribution in [2.45, 2.75) is 33.0 Å². The minimum absolute atomic E-state index is 0.340. The maximum Gasteiger partial charge on any atom is 0.161 e. The smallest absolute Gasteiger partial charge is 0.161 e. The molecule has 0 spiro atoms. The molecule has 1 atom stereocenters. The van der Waals surface area contributed by atoms with Crippen LogP contribution < -0.4 is 14.8 Å². The van der Waals surface area contributed by atoms with E-state index in [0.717, 1.165) is 12.1 Å². The number of quaternary nitrogens is 1. The summed E-state index contributed by atoms with van der Waals surface area (Å²) < 4.78 is 16.0. The van der Waals surface area contributed by atoms with Crippen LogP contribution in [0, 0.1) is 5.92 Å². The summed E-state index contributed by atoms with van der Waals surface area (Å²) in [6, 6.07) is 5.68. The second-order valence-corrected chi connectivity index (χ2v) is 5.85. The fraction of sp³-hybridized carbons (Fsp3) is 0.647. The molecule has 0 radical (unpaired) electrons. The van der Waals surface area contributed by atoms with Gasteiger partial charge in [0, 0.05) is 0 Å². The van der Waals surface area contributed by atoms with Gasteiger partial charge in [-0.15, -0.1) is 0 Å². The molecule has 0 unspecified atom stereocenters. The van der Waals surface area contributed by atoms with Gasteiger partial charge in [0.1, 0.15) is 12.6 Å². The van der Waals surface area contributed by atoms with E-state index in [2.05, 4.69) is 19.2 Å². The van der Waals surface area contributed by atoms with Gasteiger partial charge in [-0.05, 0) is 30.0 Å². The first-order chi connectivity index (χ1) is 10.6. The summed E-state index contributed by atoms with van der Waals surface area (Å²) in [4.78, 5) is 0. The second kappa shape index (κ2) is 10.4. The predicted molar refractivity (Wildman–Crippen MR) is 86.3 cm³/mol. The Morgan fingerprint density at radius 2 is 1.86 bits per heavy atom. The van der Waals surface area contributed by atoms with E-state index in [1.54, 1.807) is 14.2 Å². The lowest BCUT2D eigenvalue weighted by Crippen LogP contribution is -2.86. The second-order valence-electron chi connectivity index (χ2n) is 5.85. The van der Waals surface area contributed by atoms with Crippen molar-refractivity contribution >= 4 is 0 Å². The Bertz CT molecular complexity index is 423. The average molecular weight is 312 g/mol. The van der Waals surface area contributed by atoms with Crippen LogP contribution in [-0.4, -0.2) is 45.1 Å². The summed E-state index contributed by atoms with van der Waals surface area (Å²) in [5, 5.41) is 12.0. The molecule has 0 aliphatic carbocycles. The lowest BCUT2D eigenvalue weighted by Gasteiger charge is -2.12. The Kier molecular flexibility index (Phi) is 8.89. The average Bonchev–Trinajstić information content (AvgIpc) is 2.51. The lowest BCUT2D eigenvalue weighted by molar-refractivity contribution is -0.662. The van der Waals surface area contributed by atoms with Crippen LogP contribution in [-0.2, 0) is 11.3 Å². The number of aliphatic hydroxyl groups is 1. The van der Waals surface area contributed by atoms with E-state index in [1.165, 1.54) is 6.42 Å². The van der Waals surface area contributed by atoms with Crippen LogP contribution in [0.4, 0.5) is 0 Å². The largest absolute Gasteiger partial charge is 0.493 e. The van der Waals surface area contributed by atoms with Crippen molar-refractivity contribution in [1.29, 1.82) is 0 Å². The molecule has 1 aromatic carbocycles. The number of methoxy groups -OCH3 is 2. The Morgan fingerprint density at radius 3 is 2.50 bits per heavy atom. The van der Waals surface area contributed by atoms with Crippen LogP contribution >= 0.6 is 0 Å². The normalized spacial score (nSPS) is 12.5. The maximum atomic E-state index is 9.87. The SMILES string of the molecule is COc1ccc(COC[C@H](O)C[NH2+]CCC(C)C)cc1OC. The van der Waals surface area contributed by atoms with Crippen LogP contribution in [0.25, 0.3) is 0 Å². The fourth-order valence-electron chi connectivity index (χ4n) is 2.11. The highest BCUT2D eigenvalue weighted by atomic mass is 16.5. The highest BCUT2D eigenvalue weighted by Crippen LogP contribution is 2.27. The third-order valence-electron chi connectivity index (χ3n) is 3.41. The van der Waals surface area contributed by atoms with E-state index >= 15 is 0 Å². The number of rotatable bonds is 11. The topological polar surface area (TPSA) is 64.5 Å². The van der Waals surface area contributed by atoms with Crippen molar-refractivity contribution in [1.82, 2.24) is 0 Å². The van der Waals surface area contributed by atoms with E-state index in [9.17, 15) is 5.11 Å². The molecule has 0 aliphatic heterocycles. The van der Waals surface area contributed by atoms with E-state index < -0.39 is 6.10 Å². The Hall–Kier alpha value is -1.30. The molecule has 0 aliphatic rings. The number of hydrogen-bond acceptors (Lipinski definition) is 4. The van der Waals surface area contributed by atoms with Crippen molar-refractivity contribution < 1.29 is 24.6 Å². The van der Waals surface area contributed by atoms with Crippen molar-refractivity contribution in [3.63, 3.8) is 0 Å². The van der Waals surface area contributed by atoms with Gasteiger partial charge < -0.3 is 24.6 Å². The molecule has 0 amide bonds. The zero-order valence-corrected chi connectivity index (χ0v) is 14.2. The molecule has 0 heterocycles. The standard InChI is InChI=1S/C17H29NO4/c1-13(2)7-8-18-10-15(19)12-22-11-14-5-6-16(20-3)17(9-14)21-4/h5-6,9,13,15,18-19H,7-8,10-12H2,1-4H3/p+1/t15-/m1/s1. The summed E-state index contributed by atoms with van der Waals surface area (Å²) in [6.45, 7) is 6.92. The highest BCUT2D eigenvalue weighted by molar-refractivity contribution is 5.42. The number of nitrogens with two attached hydrogens (primary N) is 1. The Morgan fingerprint density at radius 1 is 1.14 bits per heavy atom. The minimum Gasteiger partial charge on any atom is -0.493 e. The van der Waals surface area contributed by atoms with Gasteiger partial charge in [-0.2, -0.15) is 0 Å². The van der Waals surface area contributed by atoms with E-state index in [4.69, 9.17) is 14.2 Å². The molecule has 1 aromatic rings. The van der Waals surface area contributed by atoms with E-state index in [1.807, 2.05) is 18.2 Å². The lowest BCUT2D eigenvalue weighted by atomic mass is 10.1. The first-order valence-corrected chi connectivity index (χ1v) is 7.85. The minimum atomic E-state index is -0.438. The molecule has 5 nitrogen and oxygen atoms in total. The number of benzene rings is 1. The summed E-state index contributed by atoms with van der Waals surface area (Å²) >= 11 is 0. The molecule has 0 fully saturated rings. The summed E-state index contributed by atoms with van der Waals surface area (Å²) in [5.74, 6) is 2.09. The number of hydrogen-bond donors (Lipinski definition) is 2.